The van der Waals surface area contributed by atoms with Crippen LogP contribution in [0.1, 0.15) is 36.3 Å². The molecular weight excluding hydrogens is 352 g/mol. The second kappa shape index (κ2) is 8.05. The summed E-state index contributed by atoms with van der Waals surface area (Å²) in [5, 5.41) is 2.72. The molecular formula is C19H26N2O4S. The molecule has 142 valence electrons. The molecule has 0 aliphatic heterocycles. The number of carbonyl (C=O) groups excluding carboxylic acids is 1. The average Bonchev–Trinajstić information content (AvgIpc) is 3.02. The van der Waals surface area contributed by atoms with E-state index < -0.39 is 16.1 Å². The molecule has 2 aromatic rings. The normalized spacial score (nSPS) is 13.0. The highest BCUT2D eigenvalue weighted by Crippen LogP contribution is 2.22. The quantitative estimate of drug-likeness (QED) is 0.775. The molecule has 1 aromatic carbocycles. The zero-order chi connectivity index (χ0) is 19.5. The summed E-state index contributed by atoms with van der Waals surface area (Å²) in [4.78, 5) is 12.8. The largest absolute Gasteiger partial charge is 0.467 e. The van der Waals surface area contributed by atoms with Gasteiger partial charge in [-0.25, -0.2) is 8.42 Å². The van der Waals surface area contributed by atoms with Crippen molar-refractivity contribution in [3.8, 4) is 0 Å². The van der Waals surface area contributed by atoms with Gasteiger partial charge in [-0.2, -0.15) is 4.72 Å². The van der Waals surface area contributed by atoms with Gasteiger partial charge < -0.3 is 9.73 Å². The molecule has 1 amide bonds. The van der Waals surface area contributed by atoms with Crippen molar-refractivity contribution in [3.05, 3.63) is 53.0 Å². The van der Waals surface area contributed by atoms with Gasteiger partial charge in [0.2, 0.25) is 15.9 Å². The molecule has 26 heavy (non-hydrogen) atoms. The maximum absolute atomic E-state index is 12.9. The van der Waals surface area contributed by atoms with Crippen molar-refractivity contribution in [1.82, 2.24) is 10.0 Å². The van der Waals surface area contributed by atoms with E-state index in [1.165, 1.54) is 6.26 Å². The van der Waals surface area contributed by atoms with Gasteiger partial charge in [-0.3, -0.25) is 4.79 Å². The lowest BCUT2D eigenvalue weighted by Crippen LogP contribution is -2.49. The van der Waals surface area contributed by atoms with Gasteiger partial charge in [-0.1, -0.05) is 31.5 Å². The number of rotatable bonds is 7. The highest BCUT2D eigenvalue weighted by atomic mass is 32.2. The molecule has 0 bridgehead atoms. The average molecular weight is 378 g/mol. The van der Waals surface area contributed by atoms with E-state index in [1.54, 1.807) is 39.8 Å². The van der Waals surface area contributed by atoms with Crippen LogP contribution in [0.2, 0.25) is 0 Å². The maximum atomic E-state index is 12.9. The van der Waals surface area contributed by atoms with Crippen LogP contribution in [-0.4, -0.2) is 20.4 Å². The van der Waals surface area contributed by atoms with Crippen molar-refractivity contribution in [3.63, 3.8) is 0 Å². The minimum absolute atomic E-state index is 0.208. The van der Waals surface area contributed by atoms with E-state index >= 15 is 0 Å². The van der Waals surface area contributed by atoms with Crippen molar-refractivity contribution in [2.24, 2.45) is 5.92 Å². The summed E-state index contributed by atoms with van der Waals surface area (Å²) in [7, 11) is -3.83. The Hall–Kier alpha value is -2.12. The molecule has 1 aromatic heterocycles. The fourth-order valence-electron chi connectivity index (χ4n) is 3.01. The lowest BCUT2D eigenvalue weighted by Gasteiger charge is -2.23. The third-order valence-corrected chi connectivity index (χ3v) is 5.87. The number of furan rings is 1. The van der Waals surface area contributed by atoms with Gasteiger partial charge >= 0.3 is 0 Å². The Morgan fingerprint density at radius 3 is 2.27 bits per heavy atom. The number of aryl methyl sites for hydroxylation is 3. The minimum atomic E-state index is -3.83. The fraction of sp³-hybridized carbons (Fsp3) is 0.421. The molecule has 0 saturated carbocycles. The van der Waals surface area contributed by atoms with Gasteiger partial charge in [-0.05, 0) is 49.9 Å². The van der Waals surface area contributed by atoms with E-state index in [2.05, 4.69) is 10.0 Å². The SMILES string of the molecule is Cc1cc(C)c(S(=O)(=O)N[C@H](C(=O)NCc2ccco2)C(C)C)c(C)c1. The lowest BCUT2D eigenvalue weighted by molar-refractivity contribution is -0.123. The van der Waals surface area contributed by atoms with E-state index in [1.807, 2.05) is 19.1 Å². The van der Waals surface area contributed by atoms with Crippen molar-refractivity contribution in [1.29, 1.82) is 0 Å². The minimum Gasteiger partial charge on any atom is -0.467 e. The number of benzene rings is 1. The van der Waals surface area contributed by atoms with Gasteiger partial charge in [0.05, 0.1) is 17.7 Å². The number of hydrogen-bond acceptors (Lipinski definition) is 4. The molecule has 7 heteroatoms. The molecule has 1 heterocycles. The summed E-state index contributed by atoms with van der Waals surface area (Å²) in [6.07, 6.45) is 1.52. The zero-order valence-electron chi connectivity index (χ0n) is 15.8. The number of hydrogen-bond donors (Lipinski definition) is 2. The molecule has 0 spiro atoms. The molecule has 0 fully saturated rings. The summed E-state index contributed by atoms with van der Waals surface area (Å²) >= 11 is 0. The molecule has 6 nitrogen and oxygen atoms in total. The molecule has 0 radical (unpaired) electrons. The van der Waals surface area contributed by atoms with E-state index in [4.69, 9.17) is 4.42 Å². The van der Waals surface area contributed by atoms with Gasteiger partial charge in [-0.15, -0.1) is 0 Å². The Balaban J connectivity index is 2.22. The van der Waals surface area contributed by atoms with Gasteiger partial charge in [0.25, 0.3) is 0 Å². The Morgan fingerprint density at radius 2 is 1.77 bits per heavy atom. The highest BCUT2D eigenvalue weighted by molar-refractivity contribution is 7.89. The van der Waals surface area contributed by atoms with Crippen LogP contribution in [-0.2, 0) is 21.4 Å². The van der Waals surface area contributed by atoms with Gasteiger partial charge in [0, 0.05) is 0 Å². The van der Waals surface area contributed by atoms with E-state index in [0.717, 1.165) is 5.56 Å². The number of carbonyl (C=O) groups is 1. The van der Waals surface area contributed by atoms with Crippen LogP contribution in [0.4, 0.5) is 0 Å². The Labute approximate surface area is 155 Å². The van der Waals surface area contributed by atoms with Gasteiger partial charge in [0.15, 0.2) is 0 Å². The Morgan fingerprint density at radius 1 is 1.15 bits per heavy atom. The number of sulfonamides is 1. The summed E-state index contributed by atoms with van der Waals surface area (Å²) in [5.41, 5.74) is 2.32. The fourth-order valence-corrected chi connectivity index (χ4v) is 4.80. The van der Waals surface area contributed by atoms with Crippen LogP contribution in [0.3, 0.4) is 0 Å². The van der Waals surface area contributed by atoms with Gasteiger partial charge in [0.1, 0.15) is 11.8 Å². The van der Waals surface area contributed by atoms with Crippen LogP contribution in [0.25, 0.3) is 0 Å². The first kappa shape index (κ1) is 20.2. The van der Waals surface area contributed by atoms with E-state index in [0.29, 0.717) is 16.9 Å². The first-order valence-electron chi connectivity index (χ1n) is 8.52. The summed E-state index contributed by atoms with van der Waals surface area (Å²) < 4.78 is 33.6. The van der Waals surface area contributed by atoms with Crippen molar-refractivity contribution < 1.29 is 17.6 Å². The topological polar surface area (TPSA) is 88.4 Å². The molecule has 0 aliphatic rings. The van der Waals surface area contributed by atoms with Crippen LogP contribution >= 0.6 is 0 Å². The monoisotopic (exact) mass is 378 g/mol. The maximum Gasteiger partial charge on any atom is 0.241 e. The predicted molar refractivity (Wildman–Crippen MR) is 100 cm³/mol. The Bertz CT molecular complexity index is 848. The van der Waals surface area contributed by atoms with Crippen molar-refractivity contribution >= 4 is 15.9 Å². The third-order valence-electron chi connectivity index (χ3n) is 4.12. The second-order valence-electron chi connectivity index (χ2n) is 6.87. The van der Waals surface area contributed by atoms with Crippen molar-refractivity contribution in [2.45, 2.75) is 52.1 Å². The molecule has 2 rings (SSSR count). The first-order chi connectivity index (χ1) is 12.1. The van der Waals surface area contributed by atoms with Crippen LogP contribution in [0.15, 0.2) is 39.8 Å². The summed E-state index contributed by atoms with van der Waals surface area (Å²) in [6, 6.07) is 6.24. The molecule has 0 unspecified atom stereocenters. The molecule has 0 aliphatic carbocycles. The van der Waals surface area contributed by atoms with Crippen LogP contribution < -0.4 is 10.0 Å². The molecule has 0 saturated heterocycles. The van der Waals surface area contributed by atoms with Crippen molar-refractivity contribution in [2.75, 3.05) is 0 Å². The first-order valence-corrected chi connectivity index (χ1v) is 10.0. The smallest absolute Gasteiger partial charge is 0.241 e. The lowest BCUT2D eigenvalue weighted by atomic mass is 10.1. The van der Waals surface area contributed by atoms with Crippen LogP contribution in [0.5, 0.6) is 0 Å². The van der Waals surface area contributed by atoms with E-state index in [-0.39, 0.29) is 23.3 Å². The standard InChI is InChI=1S/C19H26N2O4S/c1-12(2)17(19(22)20-11-16-7-6-8-25-16)21-26(23,24)18-14(4)9-13(3)10-15(18)5/h6-10,12,17,21H,11H2,1-5H3,(H,20,22)/t17-/m0/s1. The highest BCUT2D eigenvalue weighted by Gasteiger charge is 2.30. The predicted octanol–water partition coefficient (Wildman–Crippen LogP) is 2.82. The molecule has 1 atom stereocenters. The summed E-state index contributed by atoms with van der Waals surface area (Å²) in [5.74, 6) is 0.00349. The zero-order valence-corrected chi connectivity index (χ0v) is 16.6. The number of amides is 1. The van der Waals surface area contributed by atoms with Crippen LogP contribution in [0, 0.1) is 26.7 Å². The Kier molecular flexibility index (Phi) is 6.26. The third kappa shape index (κ3) is 4.74. The van der Waals surface area contributed by atoms with E-state index in [9.17, 15) is 13.2 Å². The molecule has 2 N–H and O–H groups in total. The summed E-state index contributed by atoms with van der Waals surface area (Å²) in [6.45, 7) is 9.25. The second-order valence-corrected chi connectivity index (χ2v) is 8.52. The number of nitrogens with one attached hydrogen (secondary N) is 2.